The van der Waals surface area contributed by atoms with Gasteiger partial charge in [0.05, 0.1) is 0 Å². The molecule has 7 heteroatoms. The number of rotatable bonds is 9. The van der Waals surface area contributed by atoms with Crippen molar-refractivity contribution in [2.24, 2.45) is 4.99 Å². The normalized spacial score (nSPS) is 14.2. The van der Waals surface area contributed by atoms with E-state index >= 15 is 0 Å². The number of hydrogen-bond donors (Lipinski definition) is 2. The van der Waals surface area contributed by atoms with E-state index in [9.17, 15) is 0 Å². The van der Waals surface area contributed by atoms with Crippen LogP contribution in [0.5, 0.6) is 0 Å². The Morgan fingerprint density at radius 3 is 2.87 bits per heavy atom. The summed E-state index contributed by atoms with van der Waals surface area (Å²) >= 11 is 0. The molecule has 2 heterocycles. The molecule has 7 nitrogen and oxygen atoms in total. The SMILES string of the molecule is CCNC(=NCCc1nnc2n1CCCCC2)NCCN(CC)c1cccc(C)c1. The van der Waals surface area contributed by atoms with Gasteiger partial charge in [-0.25, -0.2) is 0 Å². The summed E-state index contributed by atoms with van der Waals surface area (Å²) in [4.78, 5) is 7.15. The molecule has 164 valence electrons. The zero-order valence-corrected chi connectivity index (χ0v) is 18.8. The Balaban J connectivity index is 1.51. The third kappa shape index (κ3) is 6.21. The lowest BCUT2D eigenvalue weighted by molar-refractivity contribution is 0.604. The Hall–Kier alpha value is -2.57. The van der Waals surface area contributed by atoms with Crippen molar-refractivity contribution in [1.82, 2.24) is 25.4 Å². The fraction of sp³-hybridized carbons (Fsp3) is 0.609. The van der Waals surface area contributed by atoms with Crippen LogP contribution >= 0.6 is 0 Å². The first-order chi connectivity index (χ1) is 14.7. The summed E-state index contributed by atoms with van der Waals surface area (Å²) in [7, 11) is 0. The van der Waals surface area contributed by atoms with Crippen LogP contribution in [0.2, 0.25) is 0 Å². The van der Waals surface area contributed by atoms with Crippen LogP contribution in [0.4, 0.5) is 5.69 Å². The van der Waals surface area contributed by atoms with Crippen molar-refractivity contribution in [2.75, 3.05) is 37.6 Å². The zero-order valence-electron chi connectivity index (χ0n) is 18.8. The summed E-state index contributed by atoms with van der Waals surface area (Å²) in [5.74, 6) is 3.09. The third-order valence-electron chi connectivity index (χ3n) is 5.56. The number of nitrogens with one attached hydrogen (secondary N) is 2. The molecule has 0 bridgehead atoms. The van der Waals surface area contributed by atoms with E-state index in [0.29, 0.717) is 6.54 Å². The van der Waals surface area contributed by atoms with E-state index in [-0.39, 0.29) is 0 Å². The molecule has 0 unspecified atom stereocenters. The fourth-order valence-electron chi connectivity index (χ4n) is 3.94. The van der Waals surface area contributed by atoms with E-state index in [4.69, 9.17) is 4.99 Å². The number of guanidine groups is 1. The first-order valence-electron chi connectivity index (χ1n) is 11.5. The predicted molar refractivity (Wildman–Crippen MR) is 124 cm³/mol. The highest BCUT2D eigenvalue weighted by molar-refractivity contribution is 5.79. The number of likely N-dealkylation sites (N-methyl/N-ethyl adjacent to an activating group) is 1. The second-order valence-electron chi connectivity index (χ2n) is 7.85. The number of nitrogens with zero attached hydrogens (tertiary/aromatic N) is 5. The van der Waals surface area contributed by atoms with Crippen molar-refractivity contribution in [2.45, 2.75) is 59.4 Å². The lowest BCUT2D eigenvalue weighted by atomic mass is 10.2. The molecule has 0 fully saturated rings. The molecule has 30 heavy (non-hydrogen) atoms. The fourth-order valence-corrected chi connectivity index (χ4v) is 3.94. The van der Waals surface area contributed by atoms with Crippen LogP contribution in [-0.4, -0.2) is 53.4 Å². The summed E-state index contributed by atoms with van der Waals surface area (Å²) < 4.78 is 2.31. The van der Waals surface area contributed by atoms with Gasteiger partial charge in [0.2, 0.25) is 0 Å². The highest BCUT2D eigenvalue weighted by Crippen LogP contribution is 2.15. The summed E-state index contributed by atoms with van der Waals surface area (Å²) in [6.07, 6.45) is 5.61. The average Bonchev–Trinajstić information content (AvgIpc) is 2.97. The highest BCUT2D eigenvalue weighted by atomic mass is 15.3. The quantitative estimate of drug-likeness (QED) is 0.490. The molecule has 0 atom stereocenters. The Labute approximate surface area is 181 Å². The average molecular weight is 412 g/mol. The Kier molecular flexibility index (Phi) is 8.53. The van der Waals surface area contributed by atoms with Gasteiger partial charge in [-0.2, -0.15) is 0 Å². The molecule has 0 radical (unpaired) electrons. The van der Waals surface area contributed by atoms with E-state index in [1.807, 2.05) is 0 Å². The maximum absolute atomic E-state index is 4.77. The summed E-state index contributed by atoms with van der Waals surface area (Å²) in [5.41, 5.74) is 2.56. The highest BCUT2D eigenvalue weighted by Gasteiger charge is 2.14. The van der Waals surface area contributed by atoms with Gasteiger partial charge in [-0.1, -0.05) is 18.6 Å². The molecule has 2 N–H and O–H groups in total. The van der Waals surface area contributed by atoms with E-state index in [1.165, 1.54) is 30.5 Å². The second kappa shape index (κ2) is 11.6. The van der Waals surface area contributed by atoms with Gasteiger partial charge in [0, 0.05) is 57.8 Å². The van der Waals surface area contributed by atoms with Crippen LogP contribution in [0.15, 0.2) is 29.3 Å². The van der Waals surface area contributed by atoms with Crippen molar-refractivity contribution in [1.29, 1.82) is 0 Å². The number of hydrogen-bond acceptors (Lipinski definition) is 4. The van der Waals surface area contributed by atoms with E-state index in [1.54, 1.807) is 0 Å². The monoisotopic (exact) mass is 411 g/mol. The van der Waals surface area contributed by atoms with E-state index < -0.39 is 0 Å². The topological polar surface area (TPSA) is 70.4 Å². The molecule has 0 aliphatic carbocycles. The van der Waals surface area contributed by atoms with Gasteiger partial charge in [0.25, 0.3) is 0 Å². The third-order valence-corrected chi connectivity index (χ3v) is 5.56. The summed E-state index contributed by atoms with van der Waals surface area (Å²) in [5, 5.41) is 15.6. The zero-order chi connectivity index (χ0) is 21.2. The Bertz CT molecular complexity index is 812. The molecule has 1 aliphatic heterocycles. The molecular weight excluding hydrogens is 374 g/mol. The lowest BCUT2D eigenvalue weighted by Gasteiger charge is -2.24. The van der Waals surface area contributed by atoms with Gasteiger partial charge < -0.3 is 20.1 Å². The molecule has 3 rings (SSSR count). The van der Waals surface area contributed by atoms with Gasteiger partial charge in [0.15, 0.2) is 5.96 Å². The van der Waals surface area contributed by atoms with E-state index in [0.717, 1.165) is 63.2 Å². The molecule has 2 aromatic rings. The summed E-state index contributed by atoms with van der Waals surface area (Å²) in [6.45, 7) is 11.8. The van der Waals surface area contributed by atoms with Crippen LogP contribution in [-0.2, 0) is 19.4 Å². The molecule has 1 aliphatic rings. The molecule has 1 aromatic heterocycles. The van der Waals surface area contributed by atoms with Gasteiger partial charge in [-0.15, -0.1) is 10.2 Å². The van der Waals surface area contributed by atoms with Gasteiger partial charge in [0.1, 0.15) is 11.6 Å². The van der Waals surface area contributed by atoms with Crippen LogP contribution in [0.1, 0.15) is 50.3 Å². The molecule has 0 amide bonds. The molecule has 0 spiro atoms. The van der Waals surface area contributed by atoms with E-state index in [2.05, 4.69) is 75.3 Å². The van der Waals surface area contributed by atoms with Crippen LogP contribution in [0, 0.1) is 6.92 Å². The van der Waals surface area contributed by atoms with Crippen LogP contribution in [0.25, 0.3) is 0 Å². The number of fused-ring (bicyclic) bond motifs is 1. The number of aliphatic imine (C=N–C) groups is 1. The van der Waals surface area contributed by atoms with Gasteiger partial charge in [-0.05, 0) is 51.3 Å². The first-order valence-corrected chi connectivity index (χ1v) is 11.5. The smallest absolute Gasteiger partial charge is 0.191 e. The van der Waals surface area contributed by atoms with Crippen molar-refractivity contribution >= 4 is 11.6 Å². The minimum atomic E-state index is 0.711. The molecule has 1 aromatic carbocycles. The lowest BCUT2D eigenvalue weighted by Crippen LogP contribution is -2.41. The first kappa shape index (κ1) is 22.1. The standard InChI is InChI=1S/C23H37N7/c1-4-24-23(26-15-17-29(5-2)20-11-9-10-19(3)18-20)25-14-13-22-28-27-21-12-7-6-8-16-30(21)22/h9-11,18H,4-8,12-17H2,1-3H3,(H2,24,25,26). The van der Waals surface area contributed by atoms with Crippen LogP contribution < -0.4 is 15.5 Å². The molecule has 0 saturated heterocycles. The van der Waals surface area contributed by atoms with Crippen LogP contribution in [0.3, 0.4) is 0 Å². The maximum atomic E-state index is 4.77. The minimum Gasteiger partial charge on any atom is -0.370 e. The van der Waals surface area contributed by atoms with Crippen molar-refractivity contribution in [3.8, 4) is 0 Å². The minimum absolute atomic E-state index is 0.711. The van der Waals surface area contributed by atoms with Gasteiger partial charge >= 0.3 is 0 Å². The predicted octanol–water partition coefficient (Wildman–Crippen LogP) is 2.94. The second-order valence-corrected chi connectivity index (χ2v) is 7.85. The van der Waals surface area contributed by atoms with Crippen molar-refractivity contribution < 1.29 is 0 Å². The van der Waals surface area contributed by atoms with Gasteiger partial charge in [-0.3, -0.25) is 4.99 Å². The molecular formula is C23H37N7. The van der Waals surface area contributed by atoms with Crippen molar-refractivity contribution in [3.05, 3.63) is 41.5 Å². The number of anilines is 1. The Morgan fingerprint density at radius 2 is 2.07 bits per heavy atom. The van der Waals surface area contributed by atoms with Crippen molar-refractivity contribution in [3.63, 3.8) is 0 Å². The largest absolute Gasteiger partial charge is 0.370 e. The molecule has 0 saturated carbocycles. The maximum Gasteiger partial charge on any atom is 0.191 e. The number of benzene rings is 1. The number of aryl methyl sites for hydroxylation is 2. The number of aromatic nitrogens is 3. The summed E-state index contributed by atoms with van der Waals surface area (Å²) in [6, 6.07) is 8.68. The Morgan fingerprint density at radius 1 is 1.17 bits per heavy atom.